The molecule has 3 aromatic heterocycles. The van der Waals surface area contributed by atoms with Crippen LogP contribution in [-0.2, 0) is 0 Å². The summed E-state index contributed by atoms with van der Waals surface area (Å²) >= 11 is 3.55. The molecule has 120 valence electrons. The van der Waals surface area contributed by atoms with Gasteiger partial charge in [0.1, 0.15) is 22.0 Å². The molecule has 24 heavy (non-hydrogen) atoms. The first-order valence-electron chi connectivity index (χ1n) is 8.13. The predicted octanol–water partition coefficient (Wildman–Crippen LogP) is 4.95. The molecule has 4 heterocycles. The Morgan fingerprint density at radius 1 is 1.17 bits per heavy atom. The number of thiophene rings is 1. The van der Waals surface area contributed by atoms with Gasteiger partial charge in [0, 0.05) is 11.4 Å². The van der Waals surface area contributed by atoms with Crippen LogP contribution in [0, 0.1) is 6.92 Å². The van der Waals surface area contributed by atoms with Crippen molar-refractivity contribution in [1.82, 2.24) is 15.0 Å². The van der Waals surface area contributed by atoms with E-state index < -0.39 is 0 Å². The molecule has 0 spiro atoms. The van der Waals surface area contributed by atoms with Gasteiger partial charge in [-0.15, -0.1) is 22.7 Å². The molecular formula is C18H16N4S2. The maximum absolute atomic E-state index is 4.89. The number of para-hydroxylation sites is 1. The van der Waals surface area contributed by atoms with Gasteiger partial charge in [0.05, 0.1) is 21.6 Å². The number of hydrogen-bond donors (Lipinski definition) is 0. The van der Waals surface area contributed by atoms with E-state index >= 15 is 0 Å². The lowest BCUT2D eigenvalue weighted by atomic mass is 10.2. The number of fused-ring (bicyclic) bond motifs is 2. The van der Waals surface area contributed by atoms with Crippen molar-refractivity contribution >= 4 is 48.9 Å². The van der Waals surface area contributed by atoms with Gasteiger partial charge in [0.15, 0.2) is 0 Å². The van der Waals surface area contributed by atoms with E-state index in [0.29, 0.717) is 6.04 Å². The van der Waals surface area contributed by atoms with Crippen LogP contribution in [0.15, 0.2) is 36.7 Å². The maximum Gasteiger partial charge on any atom is 0.141 e. The third-order valence-corrected chi connectivity index (χ3v) is 6.65. The summed E-state index contributed by atoms with van der Waals surface area (Å²) in [5.41, 5.74) is 1.10. The third-order valence-electron chi connectivity index (χ3n) is 4.55. The minimum atomic E-state index is 0.320. The normalized spacial score (nSPS) is 18.0. The van der Waals surface area contributed by atoms with E-state index in [-0.39, 0.29) is 0 Å². The lowest BCUT2D eigenvalue weighted by molar-refractivity contribution is 0.709. The van der Waals surface area contributed by atoms with Crippen LogP contribution in [0.2, 0.25) is 0 Å². The van der Waals surface area contributed by atoms with Crippen molar-refractivity contribution in [2.75, 3.05) is 11.4 Å². The molecule has 1 saturated heterocycles. The zero-order valence-electron chi connectivity index (χ0n) is 13.3. The van der Waals surface area contributed by atoms with Gasteiger partial charge >= 0.3 is 0 Å². The second-order valence-electron chi connectivity index (χ2n) is 6.14. The Bertz CT molecular complexity index is 1000. The van der Waals surface area contributed by atoms with E-state index in [4.69, 9.17) is 4.98 Å². The van der Waals surface area contributed by atoms with Gasteiger partial charge in [0.25, 0.3) is 0 Å². The van der Waals surface area contributed by atoms with Crippen molar-refractivity contribution in [3.8, 4) is 0 Å². The highest BCUT2D eigenvalue weighted by atomic mass is 32.1. The molecule has 1 unspecified atom stereocenters. The summed E-state index contributed by atoms with van der Waals surface area (Å²) in [6.07, 6.45) is 4.00. The molecule has 0 radical (unpaired) electrons. The summed E-state index contributed by atoms with van der Waals surface area (Å²) in [6.45, 7) is 3.16. The van der Waals surface area contributed by atoms with Crippen molar-refractivity contribution < 1.29 is 0 Å². The van der Waals surface area contributed by atoms with Crippen LogP contribution in [-0.4, -0.2) is 21.5 Å². The Morgan fingerprint density at radius 2 is 2.08 bits per heavy atom. The molecule has 1 fully saturated rings. The summed E-state index contributed by atoms with van der Waals surface area (Å²) in [5.74, 6) is 1.06. The largest absolute Gasteiger partial charge is 0.346 e. The van der Waals surface area contributed by atoms with Crippen LogP contribution in [0.4, 0.5) is 5.82 Å². The molecule has 0 amide bonds. The number of aryl methyl sites for hydroxylation is 1. The zero-order valence-corrected chi connectivity index (χ0v) is 14.9. The van der Waals surface area contributed by atoms with E-state index in [1.165, 1.54) is 26.4 Å². The number of hydrogen-bond acceptors (Lipinski definition) is 6. The Kier molecular flexibility index (Phi) is 3.28. The molecule has 0 aliphatic carbocycles. The van der Waals surface area contributed by atoms with Crippen LogP contribution in [0.5, 0.6) is 0 Å². The van der Waals surface area contributed by atoms with Gasteiger partial charge in [-0.3, -0.25) is 0 Å². The Labute approximate surface area is 147 Å². The number of rotatable bonds is 2. The van der Waals surface area contributed by atoms with Gasteiger partial charge in [0.2, 0.25) is 0 Å². The average molecular weight is 352 g/mol. The van der Waals surface area contributed by atoms with Crippen molar-refractivity contribution in [3.63, 3.8) is 0 Å². The van der Waals surface area contributed by atoms with Crippen LogP contribution in [0.25, 0.3) is 20.4 Å². The van der Waals surface area contributed by atoms with Gasteiger partial charge in [-0.1, -0.05) is 12.1 Å². The molecule has 4 nitrogen and oxygen atoms in total. The molecule has 0 saturated carbocycles. The highest BCUT2D eigenvalue weighted by Gasteiger charge is 2.31. The molecule has 5 rings (SSSR count). The summed E-state index contributed by atoms with van der Waals surface area (Å²) < 4.78 is 1.26. The van der Waals surface area contributed by atoms with Gasteiger partial charge < -0.3 is 4.90 Å². The maximum atomic E-state index is 4.89. The lowest BCUT2D eigenvalue weighted by Gasteiger charge is -2.24. The molecule has 0 N–H and O–H groups in total. The van der Waals surface area contributed by atoms with Gasteiger partial charge in [-0.25, -0.2) is 15.0 Å². The topological polar surface area (TPSA) is 41.9 Å². The smallest absolute Gasteiger partial charge is 0.141 e. The van der Waals surface area contributed by atoms with E-state index in [9.17, 15) is 0 Å². The quantitative estimate of drug-likeness (QED) is 0.512. The monoisotopic (exact) mass is 352 g/mol. The number of anilines is 1. The first kappa shape index (κ1) is 14.3. The van der Waals surface area contributed by atoms with Crippen LogP contribution < -0.4 is 4.90 Å². The van der Waals surface area contributed by atoms with Gasteiger partial charge in [-0.05, 0) is 38.0 Å². The fraction of sp³-hybridized carbons (Fsp3) is 0.278. The van der Waals surface area contributed by atoms with E-state index in [2.05, 4.69) is 52.1 Å². The van der Waals surface area contributed by atoms with Crippen LogP contribution >= 0.6 is 22.7 Å². The second-order valence-corrected chi connectivity index (χ2v) is 8.44. The molecule has 6 heteroatoms. The lowest BCUT2D eigenvalue weighted by Crippen LogP contribution is -2.23. The Hall–Kier alpha value is -2.05. The van der Waals surface area contributed by atoms with E-state index in [0.717, 1.165) is 29.1 Å². The minimum absolute atomic E-state index is 0.320. The fourth-order valence-corrected chi connectivity index (χ4v) is 5.46. The minimum Gasteiger partial charge on any atom is -0.346 e. The number of thiazole rings is 1. The summed E-state index contributed by atoms with van der Waals surface area (Å²) in [4.78, 5) is 18.7. The predicted molar refractivity (Wildman–Crippen MR) is 101 cm³/mol. The van der Waals surface area contributed by atoms with Crippen molar-refractivity contribution in [2.24, 2.45) is 0 Å². The summed E-state index contributed by atoms with van der Waals surface area (Å²) in [7, 11) is 0. The first-order valence-corrected chi connectivity index (χ1v) is 9.76. The molecule has 4 aromatic rings. The SMILES string of the molecule is Cc1cc2c(N3CCCC3c3nc4ccccc4s3)ncnc2s1. The molecule has 1 aromatic carbocycles. The number of benzene rings is 1. The highest BCUT2D eigenvalue weighted by molar-refractivity contribution is 7.19. The van der Waals surface area contributed by atoms with E-state index in [1.807, 2.05) is 11.3 Å². The Balaban J connectivity index is 1.61. The molecule has 1 aliphatic rings. The van der Waals surface area contributed by atoms with Crippen molar-refractivity contribution in [2.45, 2.75) is 25.8 Å². The highest BCUT2D eigenvalue weighted by Crippen LogP contribution is 2.41. The Morgan fingerprint density at radius 3 is 3.00 bits per heavy atom. The average Bonchev–Trinajstić information content (AvgIpc) is 3.30. The first-order chi connectivity index (χ1) is 11.8. The van der Waals surface area contributed by atoms with E-state index in [1.54, 1.807) is 17.7 Å². The summed E-state index contributed by atoms with van der Waals surface area (Å²) in [6, 6.07) is 10.9. The molecule has 1 atom stereocenters. The van der Waals surface area contributed by atoms with Crippen molar-refractivity contribution in [3.05, 3.63) is 46.5 Å². The number of aromatic nitrogens is 3. The standard InChI is InChI=1S/C18H16N4S2/c1-11-9-12-16(19-10-20-17(12)23-11)22-8-4-6-14(22)18-21-13-5-2-3-7-15(13)24-18/h2-3,5,7,9-10,14H,4,6,8H2,1H3. The number of nitrogens with zero attached hydrogens (tertiary/aromatic N) is 4. The second kappa shape index (κ2) is 5.50. The van der Waals surface area contributed by atoms with Crippen LogP contribution in [0.3, 0.4) is 0 Å². The van der Waals surface area contributed by atoms with Crippen LogP contribution in [0.1, 0.15) is 28.8 Å². The fourth-order valence-electron chi connectivity index (χ4n) is 3.50. The molecular weight excluding hydrogens is 336 g/mol. The van der Waals surface area contributed by atoms with Crippen molar-refractivity contribution in [1.29, 1.82) is 0 Å². The zero-order chi connectivity index (χ0) is 16.1. The summed E-state index contributed by atoms with van der Waals surface area (Å²) in [5, 5.41) is 2.38. The molecule has 1 aliphatic heterocycles. The molecule has 0 bridgehead atoms. The van der Waals surface area contributed by atoms with Gasteiger partial charge in [-0.2, -0.15) is 0 Å². The third kappa shape index (κ3) is 2.21.